The van der Waals surface area contributed by atoms with Gasteiger partial charge in [-0.05, 0) is 71.0 Å². The molecule has 3 aromatic carbocycles. The van der Waals surface area contributed by atoms with Crippen molar-refractivity contribution in [3.05, 3.63) is 70.8 Å². The zero-order valence-corrected chi connectivity index (χ0v) is 21.4. The second kappa shape index (κ2) is 11.2. The first kappa shape index (κ1) is 25.1. The van der Waals surface area contributed by atoms with Gasteiger partial charge in [-0.2, -0.15) is 0 Å². The quantitative estimate of drug-likeness (QED) is 0.375. The summed E-state index contributed by atoms with van der Waals surface area (Å²) in [5.41, 5.74) is 4.13. The van der Waals surface area contributed by atoms with Crippen LogP contribution >= 0.6 is 0 Å². The van der Waals surface area contributed by atoms with Crippen LogP contribution in [0.5, 0.6) is 11.5 Å². The van der Waals surface area contributed by atoms with Crippen molar-refractivity contribution in [3.63, 3.8) is 0 Å². The Bertz CT molecular complexity index is 1290. The molecule has 6 nitrogen and oxygen atoms in total. The van der Waals surface area contributed by atoms with Gasteiger partial charge in [0, 0.05) is 18.4 Å². The number of carbonyl (C=O) groups excluding carboxylic acids is 1. The first-order valence-electron chi connectivity index (χ1n) is 13.4. The summed E-state index contributed by atoms with van der Waals surface area (Å²) in [6.45, 7) is 2.66. The SMILES string of the molecule is Cc1cc2c(cc1C(CC(=O)O)c1ccc3ccc(OCC(=O)NC4CCCCCC4)cc3c1)CCO2. The standard InChI is InChI=1S/C31H35NO5/c1-20-14-29-23(12-13-36-29)17-27(20)28(18-31(34)35)22-9-8-21-10-11-26(16-24(21)15-22)37-19-30(33)32-25-6-4-2-3-5-7-25/h8-11,14-17,25,28H,2-7,12-13,18-19H2,1H3,(H,32,33)(H,34,35). The number of carbonyl (C=O) groups is 2. The zero-order valence-electron chi connectivity index (χ0n) is 21.4. The number of fused-ring (bicyclic) bond motifs is 2. The molecule has 2 N–H and O–H groups in total. The number of ether oxygens (including phenoxy) is 2. The minimum atomic E-state index is -0.835. The lowest BCUT2D eigenvalue weighted by atomic mass is 9.84. The Morgan fingerprint density at radius 1 is 1.03 bits per heavy atom. The molecule has 37 heavy (non-hydrogen) atoms. The molecule has 0 aromatic heterocycles. The molecule has 194 valence electrons. The highest BCUT2D eigenvalue weighted by Gasteiger charge is 2.24. The fourth-order valence-electron chi connectivity index (χ4n) is 5.70. The van der Waals surface area contributed by atoms with Crippen LogP contribution in [-0.4, -0.2) is 36.2 Å². The highest BCUT2D eigenvalue weighted by atomic mass is 16.5. The molecule has 1 aliphatic heterocycles. The number of benzene rings is 3. The Morgan fingerprint density at radius 2 is 1.81 bits per heavy atom. The minimum Gasteiger partial charge on any atom is -0.493 e. The molecule has 1 aliphatic carbocycles. The van der Waals surface area contributed by atoms with Crippen LogP contribution in [0.2, 0.25) is 0 Å². The van der Waals surface area contributed by atoms with E-state index in [2.05, 4.69) is 11.4 Å². The highest BCUT2D eigenvalue weighted by Crippen LogP contribution is 2.37. The average Bonchev–Trinajstić information content (AvgIpc) is 3.18. The van der Waals surface area contributed by atoms with Gasteiger partial charge >= 0.3 is 5.97 Å². The predicted octanol–water partition coefficient (Wildman–Crippen LogP) is 5.91. The molecule has 0 saturated heterocycles. The molecule has 5 rings (SSSR count). The molecular weight excluding hydrogens is 466 g/mol. The fraction of sp³-hybridized carbons (Fsp3) is 0.419. The summed E-state index contributed by atoms with van der Waals surface area (Å²) in [6, 6.07) is 16.2. The second-order valence-electron chi connectivity index (χ2n) is 10.4. The third kappa shape index (κ3) is 6.07. The highest BCUT2D eigenvalue weighted by molar-refractivity contribution is 5.85. The maximum atomic E-state index is 12.5. The van der Waals surface area contributed by atoms with Crippen molar-refractivity contribution in [2.45, 2.75) is 70.3 Å². The van der Waals surface area contributed by atoms with Crippen LogP contribution in [0.25, 0.3) is 10.8 Å². The maximum absolute atomic E-state index is 12.5. The molecule has 1 heterocycles. The zero-order chi connectivity index (χ0) is 25.8. The number of carboxylic acids is 1. The Balaban J connectivity index is 1.35. The molecule has 0 radical (unpaired) electrons. The Hall–Kier alpha value is -3.54. The molecule has 3 aromatic rings. The normalized spacial score (nSPS) is 16.5. The van der Waals surface area contributed by atoms with Crippen molar-refractivity contribution in [1.82, 2.24) is 5.32 Å². The monoisotopic (exact) mass is 501 g/mol. The van der Waals surface area contributed by atoms with E-state index in [4.69, 9.17) is 9.47 Å². The third-order valence-electron chi connectivity index (χ3n) is 7.66. The summed E-state index contributed by atoms with van der Waals surface area (Å²) in [7, 11) is 0. The predicted molar refractivity (Wildman–Crippen MR) is 144 cm³/mol. The first-order valence-corrected chi connectivity index (χ1v) is 13.4. The molecule has 1 fully saturated rings. The van der Waals surface area contributed by atoms with Gasteiger partial charge in [-0.3, -0.25) is 9.59 Å². The Morgan fingerprint density at radius 3 is 2.59 bits per heavy atom. The largest absolute Gasteiger partial charge is 0.493 e. The summed E-state index contributed by atoms with van der Waals surface area (Å²) in [4.78, 5) is 24.3. The van der Waals surface area contributed by atoms with Gasteiger partial charge in [0.05, 0.1) is 13.0 Å². The third-order valence-corrected chi connectivity index (χ3v) is 7.66. The van der Waals surface area contributed by atoms with E-state index in [0.29, 0.717) is 12.4 Å². The van der Waals surface area contributed by atoms with E-state index in [-0.39, 0.29) is 30.9 Å². The van der Waals surface area contributed by atoms with E-state index >= 15 is 0 Å². The van der Waals surface area contributed by atoms with E-state index < -0.39 is 5.97 Å². The molecule has 0 spiro atoms. The Kier molecular flexibility index (Phi) is 7.63. The number of nitrogens with one attached hydrogen (secondary N) is 1. The second-order valence-corrected chi connectivity index (χ2v) is 10.4. The van der Waals surface area contributed by atoms with Crippen molar-refractivity contribution in [1.29, 1.82) is 0 Å². The van der Waals surface area contributed by atoms with Crippen LogP contribution in [0.15, 0.2) is 48.5 Å². The van der Waals surface area contributed by atoms with Crippen LogP contribution in [0.1, 0.15) is 73.1 Å². The molecular formula is C31H35NO5. The van der Waals surface area contributed by atoms with Crippen molar-refractivity contribution in [2.24, 2.45) is 0 Å². The lowest BCUT2D eigenvalue weighted by Gasteiger charge is -2.20. The molecule has 1 amide bonds. The molecule has 1 atom stereocenters. The van der Waals surface area contributed by atoms with Crippen molar-refractivity contribution < 1.29 is 24.2 Å². The van der Waals surface area contributed by atoms with Crippen molar-refractivity contribution >= 4 is 22.6 Å². The fourth-order valence-corrected chi connectivity index (χ4v) is 5.70. The molecule has 1 saturated carbocycles. The lowest BCUT2D eigenvalue weighted by molar-refractivity contribution is -0.137. The number of amides is 1. The van der Waals surface area contributed by atoms with Gasteiger partial charge in [0.15, 0.2) is 6.61 Å². The molecule has 0 bridgehead atoms. The average molecular weight is 502 g/mol. The van der Waals surface area contributed by atoms with Gasteiger partial charge in [0.1, 0.15) is 11.5 Å². The van der Waals surface area contributed by atoms with E-state index in [1.807, 2.05) is 49.4 Å². The summed E-state index contributed by atoms with van der Waals surface area (Å²) in [5.74, 6) is 0.332. The van der Waals surface area contributed by atoms with Crippen LogP contribution in [0.4, 0.5) is 0 Å². The summed E-state index contributed by atoms with van der Waals surface area (Å²) < 4.78 is 11.5. The van der Waals surface area contributed by atoms with Gasteiger partial charge in [0.25, 0.3) is 5.91 Å². The lowest BCUT2D eigenvalue weighted by Crippen LogP contribution is -2.37. The summed E-state index contributed by atoms with van der Waals surface area (Å²) >= 11 is 0. The van der Waals surface area contributed by atoms with E-state index in [1.165, 1.54) is 25.7 Å². The molecule has 1 unspecified atom stereocenters. The van der Waals surface area contributed by atoms with Crippen LogP contribution in [-0.2, 0) is 16.0 Å². The van der Waals surface area contributed by atoms with Gasteiger partial charge in [-0.25, -0.2) is 0 Å². The van der Waals surface area contributed by atoms with E-state index in [9.17, 15) is 14.7 Å². The van der Waals surface area contributed by atoms with Gasteiger partial charge in [-0.1, -0.05) is 56.0 Å². The smallest absolute Gasteiger partial charge is 0.304 e. The van der Waals surface area contributed by atoms with Gasteiger partial charge < -0.3 is 19.9 Å². The number of hydrogen-bond donors (Lipinski definition) is 2. The maximum Gasteiger partial charge on any atom is 0.304 e. The number of aliphatic carboxylic acids is 1. The topological polar surface area (TPSA) is 84.9 Å². The summed E-state index contributed by atoms with van der Waals surface area (Å²) in [6.07, 6.45) is 7.75. The van der Waals surface area contributed by atoms with E-state index in [1.54, 1.807) is 0 Å². The summed E-state index contributed by atoms with van der Waals surface area (Å²) in [5, 5.41) is 14.8. The van der Waals surface area contributed by atoms with Crippen molar-refractivity contribution in [2.75, 3.05) is 13.2 Å². The van der Waals surface area contributed by atoms with Gasteiger partial charge in [-0.15, -0.1) is 0 Å². The number of rotatable bonds is 8. The van der Waals surface area contributed by atoms with Gasteiger partial charge in [0.2, 0.25) is 0 Å². The van der Waals surface area contributed by atoms with E-state index in [0.717, 1.165) is 58.0 Å². The number of hydrogen-bond acceptors (Lipinski definition) is 4. The first-order chi connectivity index (χ1) is 18.0. The van der Waals surface area contributed by atoms with Crippen LogP contribution in [0.3, 0.4) is 0 Å². The van der Waals surface area contributed by atoms with Crippen LogP contribution < -0.4 is 14.8 Å². The molecule has 6 heteroatoms. The number of carboxylic acid groups (broad SMARTS) is 1. The number of aryl methyl sites for hydroxylation is 1. The Labute approximate surface area is 218 Å². The minimum absolute atomic E-state index is 0.00349. The molecule has 2 aliphatic rings. The van der Waals surface area contributed by atoms with Crippen LogP contribution in [0, 0.1) is 6.92 Å². The van der Waals surface area contributed by atoms with Crippen molar-refractivity contribution in [3.8, 4) is 11.5 Å².